The predicted octanol–water partition coefficient (Wildman–Crippen LogP) is -0.538. The standard InChI is InChI=1S/C10H19N3O2/c1-8(12-9(14)4-5-11)10(15)13-6-2-3-7-13/h8H,2-7,11H2,1H3,(H,12,14). The molecule has 1 rings (SSSR count). The van der Waals surface area contributed by atoms with Crippen molar-refractivity contribution in [2.45, 2.75) is 32.2 Å². The largest absolute Gasteiger partial charge is 0.345 e. The van der Waals surface area contributed by atoms with Gasteiger partial charge in [0, 0.05) is 26.1 Å². The van der Waals surface area contributed by atoms with E-state index in [1.165, 1.54) is 0 Å². The summed E-state index contributed by atoms with van der Waals surface area (Å²) in [6, 6.07) is -0.429. The van der Waals surface area contributed by atoms with Crippen LogP contribution in [0.3, 0.4) is 0 Å². The zero-order valence-corrected chi connectivity index (χ0v) is 9.16. The third-order valence-corrected chi connectivity index (χ3v) is 2.54. The van der Waals surface area contributed by atoms with Crippen LogP contribution in [-0.4, -0.2) is 42.4 Å². The van der Waals surface area contributed by atoms with Gasteiger partial charge >= 0.3 is 0 Å². The van der Waals surface area contributed by atoms with Gasteiger partial charge in [-0.25, -0.2) is 0 Å². The minimum Gasteiger partial charge on any atom is -0.345 e. The summed E-state index contributed by atoms with van der Waals surface area (Å²) in [4.78, 5) is 24.8. The molecular weight excluding hydrogens is 194 g/mol. The first kappa shape index (κ1) is 12.0. The summed E-state index contributed by atoms with van der Waals surface area (Å²) >= 11 is 0. The number of amides is 2. The summed E-state index contributed by atoms with van der Waals surface area (Å²) in [5.41, 5.74) is 5.25. The molecule has 86 valence electrons. The van der Waals surface area contributed by atoms with Gasteiger partial charge in [-0.15, -0.1) is 0 Å². The summed E-state index contributed by atoms with van der Waals surface area (Å²) in [5, 5.41) is 2.65. The normalized spacial score (nSPS) is 17.6. The number of nitrogens with one attached hydrogen (secondary N) is 1. The van der Waals surface area contributed by atoms with E-state index in [0.717, 1.165) is 25.9 Å². The fourth-order valence-corrected chi connectivity index (χ4v) is 1.72. The summed E-state index contributed by atoms with van der Waals surface area (Å²) < 4.78 is 0. The van der Waals surface area contributed by atoms with Crippen LogP contribution in [0.1, 0.15) is 26.2 Å². The van der Waals surface area contributed by atoms with E-state index >= 15 is 0 Å². The molecule has 0 bridgehead atoms. The number of hydrogen-bond donors (Lipinski definition) is 2. The van der Waals surface area contributed by atoms with Crippen molar-refractivity contribution in [3.63, 3.8) is 0 Å². The van der Waals surface area contributed by atoms with Crippen LogP contribution in [0.2, 0.25) is 0 Å². The Labute approximate surface area is 90.0 Å². The number of nitrogens with two attached hydrogens (primary N) is 1. The van der Waals surface area contributed by atoms with Gasteiger partial charge in [0.1, 0.15) is 6.04 Å². The molecule has 0 aromatic carbocycles. The Morgan fingerprint density at radius 1 is 1.40 bits per heavy atom. The molecule has 5 heteroatoms. The minimum atomic E-state index is -0.429. The van der Waals surface area contributed by atoms with E-state index < -0.39 is 6.04 Å². The molecule has 3 N–H and O–H groups in total. The topological polar surface area (TPSA) is 75.4 Å². The van der Waals surface area contributed by atoms with E-state index in [0.29, 0.717) is 6.54 Å². The second-order valence-corrected chi connectivity index (χ2v) is 3.86. The van der Waals surface area contributed by atoms with E-state index in [9.17, 15) is 9.59 Å². The Balaban J connectivity index is 2.35. The number of nitrogens with zero attached hydrogens (tertiary/aromatic N) is 1. The highest BCUT2D eigenvalue weighted by molar-refractivity contribution is 5.87. The van der Waals surface area contributed by atoms with E-state index in [2.05, 4.69) is 5.32 Å². The Kier molecular flexibility index (Phi) is 4.55. The molecule has 1 aliphatic heterocycles. The van der Waals surface area contributed by atoms with Gasteiger partial charge in [-0.2, -0.15) is 0 Å². The van der Waals surface area contributed by atoms with Crippen LogP contribution < -0.4 is 11.1 Å². The van der Waals surface area contributed by atoms with Crippen LogP contribution in [0.15, 0.2) is 0 Å². The first-order valence-electron chi connectivity index (χ1n) is 5.43. The lowest BCUT2D eigenvalue weighted by Crippen LogP contribution is -2.46. The lowest BCUT2D eigenvalue weighted by molar-refractivity contribution is -0.135. The summed E-state index contributed by atoms with van der Waals surface area (Å²) in [6.07, 6.45) is 2.40. The van der Waals surface area contributed by atoms with E-state index in [-0.39, 0.29) is 18.2 Å². The monoisotopic (exact) mass is 213 g/mol. The average Bonchev–Trinajstić information content (AvgIpc) is 2.69. The van der Waals surface area contributed by atoms with Gasteiger partial charge < -0.3 is 16.0 Å². The minimum absolute atomic E-state index is 0.0119. The molecule has 0 saturated carbocycles. The number of hydrogen-bond acceptors (Lipinski definition) is 3. The van der Waals surface area contributed by atoms with Gasteiger partial charge in [0.05, 0.1) is 0 Å². The number of carbonyl (C=O) groups is 2. The summed E-state index contributed by atoms with van der Waals surface area (Å²) in [5.74, 6) is -0.143. The highest BCUT2D eigenvalue weighted by Gasteiger charge is 2.23. The zero-order valence-electron chi connectivity index (χ0n) is 9.16. The molecule has 0 radical (unpaired) electrons. The Morgan fingerprint density at radius 3 is 2.53 bits per heavy atom. The van der Waals surface area contributed by atoms with E-state index in [1.54, 1.807) is 11.8 Å². The first-order chi connectivity index (χ1) is 7.15. The zero-order chi connectivity index (χ0) is 11.3. The molecule has 2 amide bonds. The van der Waals surface area contributed by atoms with Gasteiger partial charge in [-0.1, -0.05) is 0 Å². The third kappa shape index (κ3) is 3.51. The summed E-state index contributed by atoms with van der Waals surface area (Å²) in [6.45, 7) is 3.66. The smallest absolute Gasteiger partial charge is 0.244 e. The van der Waals surface area contributed by atoms with Crippen LogP contribution in [-0.2, 0) is 9.59 Å². The van der Waals surface area contributed by atoms with E-state index in [4.69, 9.17) is 5.73 Å². The highest BCUT2D eigenvalue weighted by Crippen LogP contribution is 2.08. The molecule has 15 heavy (non-hydrogen) atoms. The van der Waals surface area contributed by atoms with Gasteiger partial charge in [0.25, 0.3) is 0 Å². The lowest BCUT2D eigenvalue weighted by atomic mass is 10.2. The van der Waals surface area contributed by atoms with Crippen molar-refractivity contribution in [1.29, 1.82) is 0 Å². The quantitative estimate of drug-likeness (QED) is 0.658. The Morgan fingerprint density at radius 2 is 2.00 bits per heavy atom. The molecule has 1 heterocycles. The van der Waals surface area contributed by atoms with Crippen molar-refractivity contribution in [3.8, 4) is 0 Å². The lowest BCUT2D eigenvalue weighted by Gasteiger charge is -2.20. The Bertz CT molecular complexity index is 237. The fourth-order valence-electron chi connectivity index (χ4n) is 1.72. The van der Waals surface area contributed by atoms with Crippen LogP contribution in [0, 0.1) is 0 Å². The van der Waals surface area contributed by atoms with Crippen molar-refractivity contribution < 1.29 is 9.59 Å². The maximum atomic E-state index is 11.8. The predicted molar refractivity (Wildman–Crippen MR) is 57.1 cm³/mol. The van der Waals surface area contributed by atoms with Gasteiger partial charge in [-0.3, -0.25) is 9.59 Å². The number of likely N-dealkylation sites (tertiary alicyclic amines) is 1. The molecule has 0 aromatic heterocycles. The van der Waals surface area contributed by atoms with Crippen LogP contribution in [0.5, 0.6) is 0 Å². The fraction of sp³-hybridized carbons (Fsp3) is 0.800. The second kappa shape index (κ2) is 5.70. The van der Waals surface area contributed by atoms with Crippen molar-refractivity contribution in [3.05, 3.63) is 0 Å². The maximum absolute atomic E-state index is 11.8. The SMILES string of the molecule is CC(NC(=O)CCN)C(=O)N1CCCC1. The average molecular weight is 213 g/mol. The third-order valence-electron chi connectivity index (χ3n) is 2.54. The molecular formula is C10H19N3O2. The molecule has 1 fully saturated rings. The molecule has 0 aliphatic carbocycles. The molecule has 1 unspecified atom stereocenters. The first-order valence-corrected chi connectivity index (χ1v) is 5.43. The van der Waals surface area contributed by atoms with Crippen molar-refractivity contribution in [2.24, 2.45) is 5.73 Å². The molecule has 0 aromatic rings. The van der Waals surface area contributed by atoms with Gasteiger partial charge in [0.15, 0.2) is 0 Å². The summed E-state index contributed by atoms with van der Waals surface area (Å²) in [7, 11) is 0. The van der Waals surface area contributed by atoms with Crippen molar-refractivity contribution >= 4 is 11.8 Å². The highest BCUT2D eigenvalue weighted by atomic mass is 16.2. The van der Waals surface area contributed by atoms with E-state index in [1.807, 2.05) is 0 Å². The molecule has 1 atom stereocenters. The number of carbonyl (C=O) groups excluding carboxylic acids is 2. The molecule has 1 saturated heterocycles. The van der Waals surface area contributed by atoms with Gasteiger partial charge in [-0.05, 0) is 19.8 Å². The van der Waals surface area contributed by atoms with Crippen LogP contribution in [0.4, 0.5) is 0 Å². The maximum Gasteiger partial charge on any atom is 0.244 e. The van der Waals surface area contributed by atoms with Crippen LogP contribution >= 0.6 is 0 Å². The Hall–Kier alpha value is -1.10. The molecule has 1 aliphatic rings. The van der Waals surface area contributed by atoms with Crippen molar-refractivity contribution in [2.75, 3.05) is 19.6 Å². The van der Waals surface area contributed by atoms with Gasteiger partial charge in [0.2, 0.25) is 11.8 Å². The second-order valence-electron chi connectivity index (χ2n) is 3.86. The molecule has 0 spiro atoms. The van der Waals surface area contributed by atoms with Crippen LogP contribution in [0.25, 0.3) is 0 Å². The number of rotatable bonds is 4. The molecule has 5 nitrogen and oxygen atoms in total. The van der Waals surface area contributed by atoms with Crippen molar-refractivity contribution in [1.82, 2.24) is 10.2 Å².